The molecule has 1 aliphatic carbocycles. The Labute approximate surface area is 154 Å². The summed E-state index contributed by atoms with van der Waals surface area (Å²) in [6.07, 6.45) is 3.56. The topological polar surface area (TPSA) is 44.8 Å². The number of benzene rings is 2. The summed E-state index contributed by atoms with van der Waals surface area (Å²) in [6.45, 7) is 4.37. The molecule has 2 atom stereocenters. The summed E-state index contributed by atoms with van der Waals surface area (Å²) in [5.41, 5.74) is 0.805. The maximum atomic E-state index is 12.4. The third-order valence-electron chi connectivity index (χ3n) is 4.85. The second kappa shape index (κ2) is 7.65. The molecule has 0 aromatic heterocycles. The molecular formula is C22H24O4. The highest BCUT2D eigenvalue weighted by Gasteiger charge is 2.61. The van der Waals surface area contributed by atoms with E-state index in [1.807, 2.05) is 60.7 Å². The molecule has 2 aromatic rings. The molecule has 0 aliphatic heterocycles. The number of rotatable bonds is 7. The smallest absolute Gasteiger partial charge is 0.310 e. The number of carbonyl (C=O) groups is 1. The minimum Gasteiger partial charge on any atom is -0.505 e. The van der Waals surface area contributed by atoms with Crippen molar-refractivity contribution in [2.75, 3.05) is 7.11 Å². The van der Waals surface area contributed by atoms with Gasteiger partial charge in [0.05, 0.1) is 19.3 Å². The van der Waals surface area contributed by atoms with Gasteiger partial charge in [-0.2, -0.15) is 0 Å². The summed E-state index contributed by atoms with van der Waals surface area (Å²) >= 11 is 0. The summed E-state index contributed by atoms with van der Waals surface area (Å²) in [6, 6.07) is 17.2. The molecule has 1 saturated carbocycles. The van der Waals surface area contributed by atoms with Crippen LogP contribution in [-0.4, -0.2) is 13.1 Å². The summed E-state index contributed by atoms with van der Waals surface area (Å²) in [4.78, 5) is 12.4. The zero-order valence-corrected chi connectivity index (χ0v) is 15.3. The lowest BCUT2D eigenvalue weighted by Gasteiger charge is -2.09. The zero-order valence-electron chi connectivity index (χ0n) is 15.3. The number of allylic oxidation sites excluding steroid dienone is 1. The van der Waals surface area contributed by atoms with E-state index in [2.05, 4.69) is 13.8 Å². The summed E-state index contributed by atoms with van der Waals surface area (Å²) < 4.78 is 16.3. The van der Waals surface area contributed by atoms with E-state index < -0.39 is 0 Å². The number of hydrogen-bond acceptors (Lipinski definition) is 4. The highest BCUT2D eigenvalue weighted by Crippen LogP contribution is 2.59. The fraction of sp³-hybridized carbons (Fsp3) is 0.318. The Bertz CT molecular complexity index is 780. The van der Waals surface area contributed by atoms with Gasteiger partial charge in [0.2, 0.25) is 0 Å². The average Bonchev–Trinajstić information content (AvgIpc) is 3.19. The van der Waals surface area contributed by atoms with Crippen molar-refractivity contribution in [3.05, 3.63) is 72.5 Å². The van der Waals surface area contributed by atoms with Crippen molar-refractivity contribution in [2.24, 2.45) is 17.3 Å². The second-order valence-corrected chi connectivity index (χ2v) is 7.06. The predicted octanol–water partition coefficient (Wildman–Crippen LogP) is 4.95. The van der Waals surface area contributed by atoms with Crippen molar-refractivity contribution in [1.29, 1.82) is 0 Å². The van der Waals surface area contributed by atoms with Crippen LogP contribution < -0.4 is 4.74 Å². The van der Waals surface area contributed by atoms with Crippen LogP contribution in [0.15, 0.2) is 66.9 Å². The molecule has 4 heteroatoms. The van der Waals surface area contributed by atoms with Crippen LogP contribution in [0.3, 0.4) is 0 Å². The third-order valence-corrected chi connectivity index (χ3v) is 4.85. The molecule has 1 fully saturated rings. The van der Waals surface area contributed by atoms with Gasteiger partial charge < -0.3 is 14.2 Å². The van der Waals surface area contributed by atoms with E-state index in [0.29, 0.717) is 0 Å². The summed E-state index contributed by atoms with van der Waals surface area (Å²) in [5, 5.41) is 0. The Morgan fingerprint density at radius 1 is 1.08 bits per heavy atom. The Morgan fingerprint density at radius 2 is 1.81 bits per heavy atom. The first-order valence-corrected chi connectivity index (χ1v) is 8.70. The molecule has 136 valence electrons. The van der Waals surface area contributed by atoms with Crippen LogP contribution in [0.1, 0.15) is 19.4 Å². The van der Waals surface area contributed by atoms with Gasteiger partial charge in [0.15, 0.2) is 0 Å². The maximum Gasteiger partial charge on any atom is 0.310 e. The van der Waals surface area contributed by atoms with Crippen LogP contribution in [0.4, 0.5) is 0 Å². The highest BCUT2D eigenvalue weighted by molar-refractivity contribution is 5.78. The monoisotopic (exact) mass is 352 g/mol. The zero-order chi connectivity index (χ0) is 18.6. The number of ether oxygens (including phenoxy) is 3. The van der Waals surface area contributed by atoms with E-state index in [1.54, 1.807) is 13.4 Å². The van der Waals surface area contributed by atoms with Crippen LogP contribution in [0.5, 0.6) is 11.5 Å². The summed E-state index contributed by atoms with van der Waals surface area (Å²) in [7, 11) is 1.60. The minimum absolute atomic E-state index is 0.0929. The molecule has 0 heterocycles. The molecule has 4 nitrogen and oxygen atoms in total. The van der Waals surface area contributed by atoms with Crippen molar-refractivity contribution in [2.45, 2.75) is 20.5 Å². The highest BCUT2D eigenvalue weighted by atomic mass is 16.5. The van der Waals surface area contributed by atoms with Crippen LogP contribution in [0.25, 0.3) is 0 Å². The molecule has 0 N–H and O–H groups in total. The molecule has 0 bridgehead atoms. The average molecular weight is 352 g/mol. The van der Waals surface area contributed by atoms with E-state index >= 15 is 0 Å². The minimum atomic E-state index is -0.171. The molecule has 2 unspecified atom stereocenters. The van der Waals surface area contributed by atoms with Crippen molar-refractivity contribution < 1.29 is 19.0 Å². The SMILES string of the molecule is COC=CC1C(C(=O)OCc2cccc(Oc3ccccc3)c2)C1(C)C. The van der Waals surface area contributed by atoms with Crippen LogP contribution in [0.2, 0.25) is 0 Å². The summed E-state index contributed by atoms with van der Waals surface area (Å²) in [5.74, 6) is 1.35. The first-order chi connectivity index (χ1) is 12.5. The standard InChI is InChI=1S/C22H24O4/c1-22(2)19(12-13-24-3)20(22)21(23)25-15-16-8-7-11-18(14-16)26-17-9-5-4-6-10-17/h4-14,19-20H,15H2,1-3H3. The lowest BCUT2D eigenvalue weighted by Crippen LogP contribution is -2.10. The van der Waals surface area contributed by atoms with Gasteiger partial charge in [-0.25, -0.2) is 0 Å². The van der Waals surface area contributed by atoms with Crippen LogP contribution >= 0.6 is 0 Å². The van der Waals surface area contributed by atoms with Crippen molar-refractivity contribution in [1.82, 2.24) is 0 Å². The molecule has 0 amide bonds. The van der Waals surface area contributed by atoms with E-state index in [4.69, 9.17) is 14.2 Å². The fourth-order valence-corrected chi connectivity index (χ4v) is 3.22. The van der Waals surface area contributed by atoms with Gasteiger partial charge in [0.25, 0.3) is 0 Å². The molecular weight excluding hydrogens is 328 g/mol. The number of hydrogen-bond donors (Lipinski definition) is 0. The number of esters is 1. The predicted molar refractivity (Wildman–Crippen MR) is 99.7 cm³/mol. The second-order valence-electron chi connectivity index (χ2n) is 7.06. The van der Waals surface area contributed by atoms with Gasteiger partial charge in [0, 0.05) is 0 Å². The Kier molecular flexibility index (Phi) is 5.31. The molecule has 0 radical (unpaired) electrons. The third kappa shape index (κ3) is 4.07. The van der Waals surface area contributed by atoms with Crippen molar-refractivity contribution in [3.63, 3.8) is 0 Å². The van der Waals surface area contributed by atoms with E-state index in [1.165, 1.54) is 0 Å². The van der Waals surface area contributed by atoms with Gasteiger partial charge in [-0.3, -0.25) is 4.79 Å². The Balaban J connectivity index is 1.57. The van der Waals surface area contributed by atoms with Gasteiger partial charge in [-0.15, -0.1) is 0 Å². The van der Waals surface area contributed by atoms with Crippen LogP contribution in [-0.2, 0) is 20.9 Å². The maximum absolute atomic E-state index is 12.4. The van der Waals surface area contributed by atoms with E-state index in [9.17, 15) is 4.79 Å². The lowest BCUT2D eigenvalue weighted by molar-refractivity contribution is -0.147. The Morgan fingerprint density at radius 3 is 2.54 bits per heavy atom. The van der Waals surface area contributed by atoms with Crippen LogP contribution in [0, 0.1) is 17.3 Å². The quantitative estimate of drug-likeness (QED) is 0.522. The first-order valence-electron chi connectivity index (χ1n) is 8.70. The molecule has 0 spiro atoms. The van der Waals surface area contributed by atoms with Gasteiger partial charge >= 0.3 is 5.97 Å². The molecule has 3 rings (SSSR count). The number of methoxy groups -OCH3 is 1. The van der Waals surface area contributed by atoms with Crippen molar-refractivity contribution in [3.8, 4) is 11.5 Å². The molecule has 26 heavy (non-hydrogen) atoms. The molecule has 1 aliphatic rings. The largest absolute Gasteiger partial charge is 0.505 e. The molecule has 2 aromatic carbocycles. The number of carbonyl (C=O) groups excluding carboxylic acids is 1. The van der Waals surface area contributed by atoms with Crippen molar-refractivity contribution >= 4 is 5.97 Å². The van der Waals surface area contributed by atoms with Gasteiger partial charge in [-0.05, 0) is 47.2 Å². The molecule has 0 saturated heterocycles. The van der Waals surface area contributed by atoms with E-state index in [-0.39, 0.29) is 29.8 Å². The normalized spacial score (nSPS) is 20.6. The lowest BCUT2D eigenvalue weighted by atomic mass is 10.1. The first kappa shape index (κ1) is 18.1. The van der Waals surface area contributed by atoms with Gasteiger partial charge in [-0.1, -0.05) is 44.2 Å². The van der Waals surface area contributed by atoms with E-state index in [0.717, 1.165) is 17.1 Å². The fourth-order valence-electron chi connectivity index (χ4n) is 3.22. The van der Waals surface area contributed by atoms with Gasteiger partial charge in [0.1, 0.15) is 18.1 Å². The Hall–Kier alpha value is -2.75. The number of para-hydroxylation sites is 1.